The molecule has 0 aliphatic heterocycles. The van der Waals surface area contributed by atoms with Crippen LogP contribution in [0.4, 0.5) is 0 Å². The Kier molecular flexibility index (Phi) is 7.57. The van der Waals surface area contributed by atoms with Gasteiger partial charge in [0.05, 0.1) is 11.0 Å². The average molecular weight is 749 g/mol. The average Bonchev–Trinajstić information content (AvgIpc) is 3.70. The minimum atomic E-state index is 0.933. The second-order valence-corrected chi connectivity index (χ2v) is 15.4. The number of benzene rings is 11. The third-order valence-corrected chi connectivity index (χ3v) is 12.2. The number of rotatable bonds is 5. The molecule has 11 aromatic carbocycles. The van der Waals surface area contributed by atoms with Gasteiger partial charge in [-0.2, -0.15) is 0 Å². The molecule has 274 valence electrons. The lowest BCUT2D eigenvalue weighted by Crippen LogP contribution is -1.97. The first-order chi connectivity index (χ1) is 29.3. The second-order valence-electron chi connectivity index (χ2n) is 15.4. The quantitative estimate of drug-likeness (QED) is 0.127. The fourth-order valence-electron chi connectivity index (χ4n) is 9.61. The van der Waals surface area contributed by atoms with Crippen molar-refractivity contribution in [3.05, 3.63) is 218 Å². The first-order valence-corrected chi connectivity index (χ1v) is 20.3. The summed E-state index contributed by atoms with van der Waals surface area (Å²) >= 11 is 0. The molecular formula is C57H36N2. The zero-order valence-corrected chi connectivity index (χ0v) is 32.2. The molecule has 0 bridgehead atoms. The third kappa shape index (κ3) is 5.24. The van der Waals surface area contributed by atoms with Gasteiger partial charge in [-0.25, -0.2) is 4.98 Å². The number of fused-ring (bicyclic) bond motifs is 7. The van der Waals surface area contributed by atoms with E-state index in [-0.39, 0.29) is 0 Å². The van der Waals surface area contributed by atoms with Gasteiger partial charge in [-0.15, -0.1) is 0 Å². The van der Waals surface area contributed by atoms with Gasteiger partial charge < -0.3 is 0 Å². The molecule has 59 heavy (non-hydrogen) atoms. The molecule has 1 heterocycles. The molecule has 0 saturated carbocycles. The zero-order valence-electron chi connectivity index (χ0n) is 32.2. The number of aromatic nitrogens is 2. The summed E-state index contributed by atoms with van der Waals surface area (Å²) in [6.07, 6.45) is 0. The van der Waals surface area contributed by atoms with Crippen LogP contribution in [0, 0.1) is 0 Å². The molecule has 0 aliphatic rings. The van der Waals surface area contributed by atoms with Crippen LogP contribution in [-0.2, 0) is 0 Å². The second kappa shape index (κ2) is 13.4. The standard InChI is InChI=1S/C57H36N2/c1-3-16-37(17-4-1)55-46-22-9-11-24-48(46)56(49-25-12-10-23-47(49)55)45-27-15-26-43-44(45)34-35-50-51(43)36-40-18-7-8-21-42(40)54(50)38-30-32-39(33-31-38)57-58-52-28-13-14-29-53(52)59(57)41-19-5-2-6-20-41/h1-36H. The molecular weight excluding hydrogens is 713 g/mol. The molecule has 0 amide bonds. The van der Waals surface area contributed by atoms with Crippen LogP contribution >= 0.6 is 0 Å². The van der Waals surface area contributed by atoms with E-state index in [2.05, 4.69) is 223 Å². The maximum atomic E-state index is 5.15. The monoisotopic (exact) mass is 748 g/mol. The van der Waals surface area contributed by atoms with E-state index >= 15 is 0 Å². The normalized spacial score (nSPS) is 11.7. The van der Waals surface area contributed by atoms with Crippen molar-refractivity contribution in [1.29, 1.82) is 0 Å². The van der Waals surface area contributed by atoms with E-state index in [1.165, 1.54) is 87.2 Å². The lowest BCUT2D eigenvalue weighted by molar-refractivity contribution is 1.10. The highest BCUT2D eigenvalue weighted by atomic mass is 15.1. The van der Waals surface area contributed by atoms with Crippen LogP contribution in [0.3, 0.4) is 0 Å². The molecule has 0 N–H and O–H groups in total. The molecule has 12 aromatic rings. The molecule has 1 aromatic heterocycles. The van der Waals surface area contributed by atoms with Crippen molar-refractivity contribution >= 4 is 64.9 Å². The predicted octanol–water partition coefficient (Wildman–Crippen LogP) is 15.5. The minimum absolute atomic E-state index is 0.933. The Bertz CT molecular complexity index is 3520. The van der Waals surface area contributed by atoms with Gasteiger partial charge in [-0.3, -0.25) is 4.57 Å². The van der Waals surface area contributed by atoms with Crippen LogP contribution in [0.25, 0.3) is 115 Å². The molecule has 12 rings (SSSR count). The van der Waals surface area contributed by atoms with E-state index in [1.54, 1.807) is 0 Å². The predicted molar refractivity (Wildman–Crippen MR) is 250 cm³/mol. The number of hydrogen-bond acceptors (Lipinski definition) is 1. The number of hydrogen-bond donors (Lipinski definition) is 0. The Morgan fingerprint density at radius 2 is 0.814 bits per heavy atom. The Morgan fingerprint density at radius 1 is 0.305 bits per heavy atom. The van der Waals surface area contributed by atoms with Crippen molar-refractivity contribution in [2.75, 3.05) is 0 Å². The van der Waals surface area contributed by atoms with E-state index in [9.17, 15) is 0 Å². The Balaban J connectivity index is 1.07. The van der Waals surface area contributed by atoms with Gasteiger partial charge in [0.15, 0.2) is 0 Å². The van der Waals surface area contributed by atoms with Gasteiger partial charge in [-0.05, 0) is 118 Å². The Hall–Kier alpha value is -7.81. The molecule has 2 nitrogen and oxygen atoms in total. The van der Waals surface area contributed by atoms with Gasteiger partial charge >= 0.3 is 0 Å². The van der Waals surface area contributed by atoms with Crippen molar-refractivity contribution in [3.63, 3.8) is 0 Å². The molecule has 0 spiro atoms. The fraction of sp³-hybridized carbons (Fsp3) is 0. The fourth-order valence-corrected chi connectivity index (χ4v) is 9.61. The van der Waals surface area contributed by atoms with Crippen LogP contribution < -0.4 is 0 Å². The van der Waals surface area contributed by atoms with Gasteiger partial charge in [0.1, 0.15) is 5.82 Å². The highest BCUT2D eigenvalue weighted by Crippen LogP contribution is 2.47. The molecule has 0 radical (unpaired) electrons. The number of nitrogens with zero attached hydrogens (tertiary/aromatic N) is 2. The molecule has 2 heteroatoms. The molecule has 0 unspecified atom stereocenters. The van der Waals surface area contributed by atoms with Crippen LogP contribution in [0.1, 0.15) is 0 Å². The lowest BCUT2D eigenvalue weighted by Gasteiger charge is -2.20. The van der Waals surface area contributed by atoms with E-state index in [0.717, 1.165) is 28.1 Å². The summed E-state index contributed by atoms with van der Waals surface area (Å²) in [5, 5.41) is 12.5. The maximum Gasteiger partial charge on any atom is 0.145 e. The van der Waals surface area contributed by atoms with Crippen molar-refractivity contribution < 1.29 is 0 Å². The molecule has 0 fully saturated rings. The van der Waals surface area contributed by atoms with Crippen LogP contribution in [-0.4, -0.2) is 9.55 Å². The summed E-state index contributed by atoms with van der Waals surface area (Å²) in [6.45, 7) is 0. The largest absolute Gasteiger partial charge is 0.292 e. The number of para-hydroxylation sites is 3. The van der Waals surface area contributed by atoms with Gasteiger partial charge in [0, 0.05) is 11.3 Å². The van der Waals surface area contributed by atoms with Crippen LogP contribution in [0.5, 0.6) is 0 Å². The SMILES string of the molecule is c1ccc(-c2c3ccccc3c(-c3cccc4c3ccc3c(-c5ccc(-c6nc7ccccc7n6-c6ccccc6)cc5)c5ccccc5cc34)c3ccccc23)cc1. The van der Waals surface area contributed by atoms with Gasteiger partial charge in [0.25, 0.3) is 0 Å². The topological polar surface area (TPSA) is 17.8 Å². The first-order valence-electron chi connectivity index (χ1n) is 20.3. The number of imidazole rings is 1. The maximum absolute atomic E-state index is 5.15. The van der Waals surface area contributed by atoms with Crippen molar-refractivity contribution in [1.82, 2.24) is 9.55 Å². The highest BCUT2D eigenvalue weighted by Gasteiger charge is 2.20. The minimum Gasteiger partial charge on any atom is -0.292 e. The van der Waals surface area contributed by atoms with E-state index in [0.29, 0.717) is 0 Å². The van der Waals surface area contributed by atoms with Crippen LogP contribution in [0.15, 0.2) is 218 Å². The highest BCUT2D eigenvalue weighted by molar-refractivity contribution is 6.26. The van der Waals surface area contributed by atoms with Crippen molar-refractivity contribution in [3.8, 4) is 50.5 Å². The summed E-state index contributed by atoms with van der Waals surface area (Å²) < 4.78 is 2.27. The van der Waals surface area contributed by atoms with E-state index < -0.39 is 0 Å². The Morgan fingerprint density at radius 3 is 1.54 bits per heavy atom. The summed E-state index contributed by atoms with van der Waals surface area (Å²) in [7, 11) is 0. The Labute approximate surface area is 341 Å². The third-order valence-electron chi connectivity index (χ3n) is 12.2. The van der Waals surface area contributed by atoms with Gasteiger partial charge in [0.2, 0.25) is 0 Å². The molecule has 0 saturated heterocycles. The van der Waals surface area contributed by atoms with Gasteiger partial charge in [-0.1, -0.05) is 188 Å². The summed E-state index contributed by atoms with van der Waals surface area (Å²) in [5.41, 5.74) is 11.7. The van der Waals surface area contributed by atoms with Crippen LogP contribution in [0.2, 0.25) is 0 Å². The summed E-state index contributed by atoms with van der Waals surface area (Å²) in [5.74, 6) is 0.933. The summed E-state index contributed by atoms with van der Waals surface area (Å²) in [4.78, 5) is 5.15. The lowest BCUT2D eigenvalue weighted by atomic mass is 9.83. The molecule has 0 atom stereocenters. The van der Waals surface area contributed by atoms with Crippen molar-refractivity contribution in [2.24, 2.45) is 0 Å². The zero-order chi connectivity index (χ0) is 38.9. The summed E-state index contributed by atoms with van der Waals surface area (Å²) in [6, 6.07) is 79.4. The van der Waals surface area contributed by atoms with E-state index in [4.69, 9.17) is 4.98 Å². The molecule has 0 aliphatic carbocycles. The van der Waals surface area contributed by atoms with E-state index in [1.807, 2.05) is 0 Å². The van der Waals surface area contributed by atoms with Crippen molar-refractivity contribution in [2.45, 2.75) is 0 Å². The first kappa shape index (κ1) is 33.3. The smallest absolute Gasteiger partial charge is 0.145 e.